The van der Waals surface area contributed by atoms with E-state index in [1.165, 1.54) is 0 Å². The first-order valence-electron chi connectivity index (χ1n) is 29.3. The van der Waals surface area contributed by atoms with E-state index in [2.05, 4.69) is 16.0 Å². The lowest BCUT2D eigenvalue weighted by atomic mass is 9.88. The molecule has 7 rings (SSSR count). The standard InChI is InChI=1S/C51H85N3O39/c1-12(62)52-23-15(65)4-51(50(79)80,92-41(23)26(67)16(66)5-55)93-43-36(77)49(88-38-20(9-59)81-44(78)33(74)32(38)73)86-22(11-61)39(43)89-46-25(54-14(3)64)40(28(69)18(7-57)82-46)90-48-35(76)42(29(70)19(8-58)84-48)91-45-24(53-13(2)63)30(71)37(21(10-60)85-45)87-47-34(75)31(72)27(68)17(6-56)83-47/h15-49,55-61,65-78H,4-11H2,1-3H3,(H,52,62)(H,53,63)(H,54,64)(H,79,80)/t15-,16+,17+,18+,19+,20+,21+,22+,23+,24+,25+,26+,27-,28-,29-,30+,31-,32+,33+,34+,35+,36+,37+,38+,39-,40+,41+,42-,43+,44+,45-,46-,47-,48-,49-,51-/m0/s1. The molecule has 0 aromatic rings. The maximum atomic E-state index is 13.6. The number of ether oxygens (including phenoxy) is 13. The fourth-order valence-corrected chi connectivity index (χ4v) is 11.9. The molecule has 0 bridgehead atoms. The minimum absolute atomic E-state index is 0.891. The van der Waals surface area contributed by atoms with Gasteiger partial charge in [0.15, 0.2) is 37.7 Å². The van der Waals surface area contributed by atoms with Crippen LogP contribution in [0.25, 0.3) is 0 Å². The maximum absolute atomic E-state index is 13.6. The number of aliphatic carboxylic acids is 1. The van der Waals surface area contributed by atoms with Gasteiger partial charge < -0.3 is 190 Å². The highest BCUT2D eigenvalue weighted by molar-refractivity contribution is 5.77. The summed E-state index contributed by atoms with van der Waals surface area (Å²) in [4.78, 5) is 51.9. The molecule has 7 aliphatic heterocycles. The number of amides is 3. The quantitative estimate of drug-likeness (QED) is 0.0404. The second kappa shape index (κ2) is 32.9. The molecule has 7 heterocycles. The lowest BCUT2D eigenvalue weighted by Gasteiger charge is -2.53. The average Bonchev–Trinajstić information content (AvgIpc) is 0.757. The number of nitrogens with one attached hydrogen (secondary N) is 3. The summed E-state index contributed by atoms with van der Waals surface area (Å²) in [7, 11) is 0. The third kappa shape index (κ3) is 16.6. The zero-order valence-electron chi connectivity index (χ0n) is 49.6. The minimum atomic E-state index is -3.43. The first-order chi connectivity index (χ1) is 43.8. The summed E-state index contributed by atoms with van der Waals surface area (Å²) in [5, 5.41) is 246. The monoisotopic (exact) mass is 1360 g/mol. The largest absolute Gasteiger partial charge is 0.477 e. The highest BCUT2D eigenvalue weighted by Gasteiger charge is 2.63. The fourth-order valence-electron chi connectivity index (χ4n) is 11.9. The normalized spacial score (nSPS) is 47.2. The van der Waals surface area contributed by atoms with Gasteiger partial charge in [-0.05, 0) is 0 Å². The Morgan fingerprint density at radius 2 is 0.817 bits per heavy atom. The molecule has 7 fully saturated rings. The van der Waals surface area contributed by atoms with Gasteiger partial charge in [-0.3, -0.25) is 14.4 Å². The first kappa shape index (κ1) is 76.9. The Hall–Kier alpha value is -3.48. The van der Waals surface area contributed by atoms with Crippen molar-refractivity contribution in [1.82, 2.24) is 16.0 Å². The van der Waals surface area contributed by atoms with Crippen LogP contribution in [0.1, 0.15) is 27.2 Å². The van der Waals surface area contributed by atoms with Gasteiger partial charge in [0.1, 0.15) is 165 Å². The Bertz CT molecular complexity index is 2410. The number of carbonyl (C=O) groups is 4. The SMILES string of the molecule is CC(=O)N[C@H]1[C@H](O[C@H]2[C@@H](O)[C@@H](CO)O[C@@H](O[C@H]3[C@@H](O)[C@@H](CO)O[C@@H](O[C@@H]4[C@H](O[C@]5(C(=O)O)C[C@H](O)[C@@H](NC(C)=O)[C@H]([C@H](O)[C@H](O)CO)O5)[C@@H](O)[C@H](O[C@H]5[C@H](O)[C@@H](O)[C@H](O)O[C@@H]5CO)O[C@@H]4CO)[C@@H]3NC(C)=O)[C@@H]2O)O[C@H](CO)[C@@H](O[C@@H]2O[C@H](CO)[C@H](O)[C@H](O)[C@H]2O)[C@@H]1O. The summed E-state index contributed by atoms with van der Waals surface area (Å²) in [6.07, 6.45) is -69.2. The molecule has 42 nitrogen and oxygen atoms in total. The van der Waals surface area contributed by atoms with Gasteiger partial charge in [-0.2, -0.15) is 0 Å². The van der Waals surface area contributed by atoms with Crippen molar-refractivity contribution in [3.05, 3.63) is 0 Å². The molecule has 0 saturated carbocycles. The molecule has 3 amide bonds. The lowest BCUT2D eigenvalue weighted by Crippen LogP contribution is -2.72. The summed E-state index contributed by atoms with van der Waals surface area (Å²) in [5.74, 6) is -8.48. The Balaban J connectivity index is 1.24. The van der Waals surface area contributed by atoms with E-state index in [1.807, 2.05) is 0 Å². The molecule has 0 aliphatic carbocycles. The number of aliphatic hydroxyl groups is 21. The van der Waals surface area contributed by atoms with E-state index in [4.69, 9.17) is 61.6 Å². The molecule has 0 aromatic carbocycles. The first-order valence-corrected chi connectivity index (χ1v) is 29.3. The molecule has 42 heteroatoms. The Labute approximate surface area is 525 Å². The zero-order chi connectivity index (χ0) is 69.0. The number of aliphatic hydroxyl groups excluding tert-OH is 21. The van der Waals surface area contributed by atoms with Gasteiger partial charge in [-0.1, -0.05) is 0 Å². The van der Waals surface area contributed by atoms with E-state index < -0.39 is 297 Å². The van der Waals surface area contributed by atoms with Crippen molar-refractivity contribution >= 4 is 23.7 Å². The van der Waals surface area contributed by atoms with Crippen LogP contribution in [0.2, 0.25) is 0 Å². The molecule has 7 saturated heterocycles. The number of hydrogen-bond donors (Lipinski definition) is 25. The highest BCUT2D eigenvalue weighted by atomic mass is 16.8. The smallest absolute Gasteiger partial charge is 0.364 e. The van der Waals surface area contributed by atoms with Crippen molar-refractivity contribution in [3.8, 4) is 0 Å². The van der Waals surface area contributed by atoms with Crippen LogP contribution in [0, 0.1) is 0 Å². The fraction of sp³-hybridized carbons (Fsp3) is 0.922. The molecule has 538 valence electrons. The van der Waals surface area contributed by atoms with Gasteiger partial charge in [0, 0.05) is 27.2 Å². The van der Waals surface area contributed by atoms with Crippen molar-refractivity contribution in [2.45, 2.75) is 248 Å². The summed E-state index contributed by atoms with van der Waals surface area (Å²) in [6, 6.07) is -5.72. The van der Waals surface area contributed by atoms with Crippen LogP contribution in [0.4, 0.5) is 0 Å². The molecule has 25 N–H and O–H groups in total. The van der Waals surface area contributed by atoms with E-state index in [-0.39, 0.29) is 0 Å². The molecule has 0 aromatic heterocycles. The third-order valence-electron chi connectivity index (χ3n) is 16.7. The summed E-state index contributed by atoms with van der Waals surface area (Å²) < 4.78 is 75.8. The zero-order valence-corrected chi connectivity index (χ0v) is 49.6. The lowest BCUT2D eigenvalue weighted by molar-refractivity contribution is -0.403. The summed E-state index contributed by atoms with van der Waals surface area (Å²) >= 11 is 0. The predicted octanol–water partition coefficient (Wildman–Crippen LogP) is -16.6. The Morgan fingerprint density at radius 3 is 1.34 bits per heavy atom. The van der Waals surface area contributed by atoms with Crippen molar-refractivity contribution in [3.63, 3.8) is 0 Å². The number of carboxylic acids is 1. The minimum Gasteiger partial charge on any atom is -0.477 e. The van der Waals surface area contributed by atoms with Gasteiger partial charge in [-0.25, -0.2) is 4.79 Å². The van der Waals surface area contributed by atoms with Crippen molar-refractivity contribution in [2.75, 3.05) is 46.2 Å². The molecule has 0 spiro atoms. The molecule has 0 radical (unpaired) electrons. The van der Waals surface area contributed by atoms with E-state index in [0.717, 1.165) is 20.8 Å². The summed E-state index contributed by atoms with van der Waals surface area (Å²) in [6.45, 7) is -5.17. The van der Waals surface area contributed by atoms with E-state index in [9.17, 15) is 132 Å². The van der Waals surface area contributed by atoms with Gasteiger partial charge in [0.25, 0.3) is 5.79 Å². The van der Waals surface area contributed by atoms with Crippen molar-refractivity contribution in [2.24, 2.45) is 0 Å². The van der Waals surface area contributed by atoms with Crippen LogP contribution in [-0.2, 0) is 80.8 Å². The molecular formula is C51H85N3O39. The van der Waals surface area contributed by atoms with Gasteiger partial charge in [0.2, 0.25) is 17.7 Å². The summed E-state index contributed by atoms with van der Waals surface area (Å²) in [5.41, 5.74) is 0. The Morgan fingerprint density at radius 1 is 0.419 bits per heavy atom. The number of hydrogen-bond acceptors (Lipinski definition) is 38. The van der Waals surface area contributed by atoms with Crippen molar-refractivity contribution < 1.29 is 193 Å². The van der Waals surface area contributed by atoms with Gasteiger partial charge >= 0.3 is 5.97 Å². The van der Waals surface area contributed by atoms with Gasteiger partial charge in [0.05, 0.1) is 58.4 Å². The highest BCUT2D eigenvalue weighted by Crippen LogP contribution is 2.42. The van der Waals surface area contributed by atoms with Crippen LogP contribution in [0.5, 0.6) is 0 Å². The second-order valence-corrected chi connectivity index (χ2v) is 23.2. The molecule has 7 aliphatic rings. The topological polar surface area (TPSA) is 669 Å². The average molecular weight is 1360 g/mol. The van der Waals surface area contributed by atoms with Crippen LogP contribution in [0.15, 0.2) is 0 Å². The van der Waals surface area contributed by atoms with E-state index in [0.29, 0.717) is 0 Å². The van der Waals surface area contributed by atoms with Crippen LogP contribution in [0.3, 0.4) is 0 Å². The molecule has 93 heavy (non-hydrogen) atoms. The third-order valence-corrected chi connectivity index (χ3v) is 16.7. The number of rotatable bonds is 25. The van der Waals surface area contributed by atoms with E-state index in [1.54, 1.807) is 0 Å². The van der Waals surface area contributed by atoms with Crippen LogP contribution in [-0.4, -0.2) is 403 Å². The second-order valence-electron chi connectivity index (χ2n) is 23.2. The Kier molecular flexibility index (Phi) is 27.2. The van der Waals surface area contributed by atoms with Gasteiger partial charge in [-0.15, -0.1) is 0 Å². The maximum Gasteiger partial charge on any atom is 0.364 e. The number of carbonyl (C=O) groups excluding carboxylic acids is 3. The number of carboxylic acid groups (broad SMARTS) is 1. The molecule has 36 atom stereocenters. The molecule has 0 unspecified atom stereocenters. The van der Waals surface area contributed by atoms with Crippen LogP contribution >= 0.6 is 0 Å². The molecular weight excluding hydrogens is 1280 g/mol. The predicted molar refractivity (Wildman–Crippen MR) is 284 cm³/mol. The van der Waals surface area contributed by atoms with Crippen LogP contribution < -0.4 is 16.0 Å². The van der Waals surface area contributed by atoms with Crippen molar-refractivity contribution in [1.29, 1.82) is 0 Å². The van der Waals surface area contributed by atoms with E-state index >= 15 is 0 Å².